The lowest BCUT2D eigenvalue weighted by molar-refractivity contribution is 0.0732. The van der Waals surface area contributed by atoms with Gasteiger partial charge >= 0.3 is 5.97 Å². The van der Waals surface area contributed by atoms with E-state index in [9.17, 15) is 9.59 Å². The fraction of sp³-hybridized carbons (Fsp3) is 0.154. The van der Waals surface area contributed by atoms with Crippen LogP contribution in [0.4, 0.5) is 0 Å². The van der Waals surface area contributed by atoms with Crippen molar-refractivity contribution in [3.05, 3.63) is 81.0 Å². The van der Waals surface area contributed by atoms with Crippen LogP contribution in [0.2, 0.25) is 0 Å². The van der Waals surface area contributed by atoms with Crippen LogP contribution in [0.15, 0.2) is 58.8 Å². The summed E-state index contributed by atoms with van der Waals surface area (Å²) in [5.41, 5.74) is 1.90. The molecule has 1 heterocycles. The number of allylic oxidation sites excluding steroid dienone is 1. The Morgan fingerprint density at radius 3 is 2.26 bits per heavy atom. The van der Waals surface area contributed by atoms with E-state index in [2.05, 4.69) is 15.9 Å². The molecule has 1 aliphatic heterocycles. The lowest BCUT2D eigenvalue weighted by atomic mass is 10.1. The molecule has 0 atom stereocenters. The molecule has 0 spiro atoms. The first kappa shape index (κ1) is 23.4. The monoisotopic (exact) mass is 524 g/mol. The van der Waals surface area contributed by atoms with E-state index >= 15 is 0 Å². The van der Waals surface area contributed by atoms with Crippen molar-refractivity contribution in [3.8, 4) is 28.7 Å². The second-order valence-electron chi connectivity index (χ2n) is 7.35. The summed E-state index contributed by atoms with van der Waals surface area (Å²) in [5, 5.41) is 0. The minimum absolute atomic E-state index is 0.151. The van der Waals surface area contributed by atoms with E-state index in [4.69, 9.17) is 23.7 Å². The Labute approximate surface area is 205 Å². The summed E-state index contributed by atoms with van der Waals surface area (Å²) in [6.07, 6.45) is 1.63. The third-order valence-corrected chi connectivity index (χ3v) is 5.83. The van der Waals surface area contributed by atoms with Gasteiger partial charge in [0, 0.05) is 15.6 Å². The number of rotatable bonds is 6. The molecule has 0 saturated carbocycles. The molecule has 8 heteroatoms. The first-order valence-corrected chi connectivity index (χ1v) is 11.0. The molecule has 0 radical (unpaired) electrons. The number of ether oxygens (including phenoxy) is 5. The van der Waals surface area contributed by atoms with E-state index in [1.165, 1.54) is 20.3 Å². The molecule has 1 aliphatic rings. The molecule has 7 nitrogen and oxygen atoms in total. The number of esters is 1. The standard InChI is InChI=1S/C26H21BrO7/c1-14-19(34-26(29)15-5-8-21(31-3)22(12-15)32-4)10-7-18-24(28)23(33-25(14)18)13-16-11-17(27)6-9-20(16)30-2/h5-13H,1-4H3/b23-13-. The SMILES string of the molecule is COc1ccc(Br)cc1/C=C1\Oc2c(ccc(OC(=O)c3ccc(OC)c(OC)c3)c2C)C1=O. The van der Waals surface area contributed by atoms with Crippen molar-refractivity contribution in [2.24, 2.45) is 0 Å². The van der Waals surface area contributed by atoms with Crippen LogP contribution in [0.1, 0.15) is 31.8 Å². The van der Waals surface area contributed by atoms with Crippen LogP contribution in [0.3, 0.4) is 0 Å². The highest BCUT2D eigenvalue weighted by Gasteiger charge is 2.31. The number of carbonyl (C=O) groups excluding carboxylic acids is 2. The Kier molecular flexibility index (Phi) is 6.61. The maximum atomic E-state index is 12.9. The van der Waals surface area contributed by atoms with Crippen LogP contribution in [0, 0.1) is 6.92 Å². The average molecular weight is 525 g/mol. The van der Waals surface area contributed by atoms with E-state index in [-0.39, 0.29) is 22.9 Å². The fourth-order valence-electron chi connectivity index (χ4n) is 3.56. The minimum Gasteiger partial charge on any atom is -0.496 e. The van der Waals surface area contributed by atoms with Gasteiger partial charge in [-0.3, -0.25) is 4.79 Å². The first-order chi connectivity index (χ1) is 16.4. The van der Waals surface area contributed by atoms with Gasteiger partial charge in [0.05, 0.1) is 32.5 Å². The number of carbonyl (C=O) groups is 2. The van der Waals surface area contributed by atoms with Crippen molar-refractivity contribution in [1.29, 1.82) is 0 Å². The van der Waals surface area contributed by atoms with Crippen LogP contribution in [0.5, 0.6) is 28.7 Å². The molecule has 0 N–H and O–H groups in total. The summed E-state index contributed by atoms with van der Waals surface area (Å²) in [7, 11) is 4.56. The van der Waals surface area contributed by atoms with Crippen LogP contribution < -0.4 is 23.7 Å². The summed E-state index contributed by atoms with van der Waals surface area (Å²) in [4.78, 5) is 25.7. The summed E-state index contributed by atoms with van der Waals surface area (Å²) >= 11 is 3.42. The molecule has 0 aromatic heterocycles. The van der Waals surface area contributed by atoms with Crippen molar-refractivity contribution in [3.63, 3.8) is 0 Å². The lowest BCUT2D eigenvalue weighted by Crippen LogP contribution is -2.10. The molecule has 174 valence electrons. The Morgan fingerprint density at radius 1 is 0.882 bits per heavy atom. The first-order valence-electron chi connectivity index (χ1n) is 10.2. The number of hydrogen-bond acceptors (Lipinski definition) is 7. The third-order valence-electron chi connectivity index (χ3n) is 5.34. The highest BCUT2D eigenvalue weighted by atomic mass is 79.9. The molecule has 3 aromatic rings. The Hall–Kier alpha value is -3.78. The van der Waals surface area contributed by atoms with Gasteiger partial charge in [0.25, 0.3) is 0 Å². The highest BCUT2D eigenvalue weighted by molar-refractivity contribution is 9.10. The molecule has 0 aliphatic carbocycles. The van der Waals surface area contributed by atoms with Gasteiger partial charge in [0.15, 0.2) is 17.3 Å². The number of methoxy groups -OCH3 is 3. The molecule has 0 bridgehead atoms. The number of benzene rings is 3. The van der Waals surface area contributed by atoms with E-state index in [1.807, 2.05) is 12.1 Å². The van der Waals surface area contributed by atoms with Crippen LogP contribution in [-0.2, 0) is 0 Å². The van der Waals surface area contributed by atoms with Crippen LogP contribution in [-0.4, -0.2) is 33.1 Å². The zero-order chi connectivity index (χ0) is 24.4. The molecular formula is C26H21BrO7. The molecule has 0 amide bonds. The Balaban J connectivity index is 1.62. The second-order valence-corrected chi connectivity index (χ2v) is 8.27. The normalized spacial score (nSPS) is 13.3. The molecule has 0 unspecified atom stereocenters. The zero-order valence-electron chi connectivity index (χ0n) is 18.9. The summed E-state index contributed by atoms with van der Waals surface area (Å²) in [6.45, 7) is 1.73. The summed E-state index contributed by atoms with van der Waals surface area (Å²) in [5.74, 6) is 1.45. The Bertz CT molecular complexity index is 1330. The molecular weight excluding hydrogens is 504 g/mol. The predicted molar refractivity (Wildman–Crippen MR) is 129 cm³/mol. The number of fused-ring (bicyclic) bond motifs is 1. The molecule has 4 rings (SSSR count). The maximum Gasteiger partial charge on any atom is 0.343 e. The van der Waals surface area contributed by atoms with Crippen molar-refractivity contribution in [2.45, 2.75) is 6.92 Å². The molecule has 3 aromatic carbocycles. The van der Waals surface area contributed by atoms with Gasteiger partial charge in [-0.1, -0.05) is 15.9 Å². The van der Waals surface area contributed by atoms with Gasteiger partial charge in [-0.05, 0) is 61.5 Å². The second kappa shape index (κ2) is 9.61. The van der Waals surface area contributed by atoms with Crippen molar-refractivity contribution in [2.75, 3.05) is 21.3 Å². The summed E-state index contributed by atoms with van der Waals surface area (Å²) in [6, 6.07) is 13.4. The van der Waals surface area contributed by atoms with E-state index in [0.29, 0.717) is 39.7 Å². The minimum atomic E-state index is -0.581. The summed E-state index contributed by atoms with van der Waals surface area (Å²) < 4.78 is 28.2. The van der Waals surface area contributed by atoms with E-state index in [1.54, 1.807) is 50.4 Å². The number of halogens is 1. The van der Waals surface area contributed by atoms with Crippen molar-refractivity contribution in [1.82, 2.24) is 0 Å². The van der Waals surface area contributed by atoms with Gasteiger partial charge in [-0.25, -0.2) is 4.79 Å². The van der Waals surface area contributed by atoms with Gasteiger partial charge in [-0.15, -0.1) is 0 Å². The van der Waals surface area contributed by atoms with Gasteiger partial charge in [0.1, 0.15) is 17.2 Å². The van der Waals surface area contributed by atoms with Crippen LogP contribution in [0.25, 0.3) is 6.08 Å². The van der Waals surface area contributed by atoms with Crippen molar-refractivity contribution >= 4 is 33.8 Å². The highest BCUT2D eigenvalue weighted by Crippen LogP contribution is 2.40. The maximum absolute atomic E-state index is 12.9. The lowest BCUT2D eigenvalue weighted by Gasteiger charge is -2.12. The van der Waals surface area contributed by atoms with Gasteiger partial charge in [0.2, 0.25) is 5.78 Å². The largest absolute Gasteiger partial charge is 0.496 e. The number of ketones is 1. The van der Waals surface area contributed by atoms with E-state index < -0.39 is 5.97 Å². The van der Waals surface area contributed by atoms with Crippen molar-refractivity contribution < 1.29 is 33.3 Å². The van der Waals surface area contributed by atoms with E-state index in [0.717, 1.165) is 4.47 Å². The number of hydrogen-bond donors (Lipinski definition) is 0. The Morgan fingerprint density at radius 2 is 1.56 bits per heavy atom. The molecule has 0 saturated heterocycles. The fourth-order valence-corrected chi connectivity index (χ4v) is 3.94. The third kappa shape index (κ3) is 4.36. The molecule has 34 heavy (non-hydrogen) atoms. The van der Waals surface area contributed by atoms with Gasteiger partial charge < -0.3 is 23.7 Å². The average Bonchev–Trinajstić information content (AvgIpc) is 3.16. The molecule has 0 fully saturated rings. The zero-order valence-corrected chi connectivity index (χ0v) is 20.5. The predicted octanol–water partition coefficient (Wildman–Crippen LogP) is 5.62. The smallest absolute Gasteiger partial charge is 0.343 e. The quantitative estimate of drug-likeness (QED) is 0.235. The van der Waals surface area contributed by atoms with Gasteiger partial charge in [-0.2, -0.15) is 0 Å². The topological polar surface area (TPSA) is 80.3 Å². The van der Waals surface area contributed by atoms with Crippen LogP contribution >= 0.6 is 15.9 Å². The number of Topliss-reactive ketones (excluding diaryl/α,β-unsaturated/α-hetero) is 1.